The molecular weight excluding hydrogens is 220 g/mol. The summed E-state index contributed by atoms with van der Waals surface area (Å²) in [4.78, 5) is 15.7. The molecule has 2 rings (SSSR count). The van der Waals surface area contributed by atoms with Gasteiger partial charge in [0.15, 0.2) is 0 Å². The smallest absolute Gasteiger partial charge is 0.323 e. The molecule has 0 aromatic heterocycles. The Bertz CT molecular complexity index is 277. The first kappa shape index (κ1) is 12.8. The lowest BCUT2D eigenvalue weighted by Gasteiger charge is -2.38. The van der Waals surface area contributed by atoms with Gasteiger partial charge in [0.05, 0.1) is 12.2 Å². The SMILES string of the molecule is CC1CCC(C(C(=O)O)N2CCN(C)CC2)O1. The number of carbonyl (C=O) groups is 1. The fourth-order valence-electron chi connectivity index (χ4n) is 2.72. The van der Waals surface area contributed by atoms with Crippen molar-refractivity contribution in [3.63, 3.8) is 0 Å². The van der Waals surface area contributed by atoms with Gasteiger partial charge in [-0.15, -0.1) is 0 Å². The fraction of sp³-hybridized carbons (Fsp3) is 0.917. The Labute approximate surface area is 102 Å². The van der Waals surface area contributed by atoms with Crippen LogP contribution >= 0.6 is 0 Å². The Kier molecular flexibility index (Phi) is 4.01. The van der Waals surface area contributed by atoms with Gasteiger partial charge in [-0.05, 0) is 26.8 Å². The molecule has 0 radical (unpaired) electrons. The summed E-state index contributed by atoms with van der Waals surface area (Å²) < 4.78 is 5.73. The monoisotopic (exact) mass is 242 g/mol. The minimum Gasteiger partial charge on any atom is -0.480 e. The van der Waals surface area contributed by atoms with E-state index in [1.54, 1.807) is 0 Å². The summed E-state index contributed by atoms with van der Waals surface area (Å²) in [6, 6.07) is -0.464. The van der Waals surface area contributed by atoms with E-state index < -0.39 is 12.0 Å². The first-order valence-electron chi connectivity index (χ1n) is 6.39. The molecule has 0 saturated carbocycles. The van der Waals surface area contributed by atoms with Crippen LogP contribution in [-0.2, 0) is 9.53 Å². The maximum absolute atomic E-state index is 11.4. The van der Waals surface area contributed by atoms with Crippen LogP contribution in [0.5, 0.6) is 0 Å². The van der Waals surface area contributed by atoms with Crippen molar-refractivity contribution in [1.29, 1.82) is 0 Å². The molecule has 0 aromatic carbocycles. The number of aliphatic carboxylic acids is 1. The van der Waals surface area contributed by atoms with Gasteiger partial charge in [-0.3, -0.25) is 9.69 Å². The molecule has 1 N–H and O–H groups in total. The Hall–Kier alpha value is -0.650. The van der Waals surface area contributed by atoms with Gasteiger partial charge >= 0.3 is 5.97 Å². The van der Waals surface area contributed by atoms with Gasteiger partial charge in [0.25, 0.3) is 0 Å². The van der Waals surface area contributed by atoms with Crippen molar-refractivity contribution in [3.8, 4) is 0 Å². The highest BCUT2D eigenvalue weighted by molar-refractivity contribution is 5.74. The molecule has 0 bridgehead atoms. The largest absolute Gasteiger partial charge is 0.480 e. The van der Waals surface area contributed by atoms with Crippen molar-refractivity contribution in [3.05, 3.63) is 0 Å². The molecule has 5 nitrogen and oxygen atoms in total. The van der Waals surface area contributed by atoms with Crippen LogP contribution < -0.4 is 0 Å². The van der Waals surface area contributed by atoms with Crippen LogP contribution in [0, 0.1) is 0 Å². The standard InChI is InChI=1S/C12H22N2O3/c1-9-3-4-10(17-9)11(12(15)16)14-7-5-13(2)6-8-14/h9-11H,3-8H2,1-2H3,(H,15,16). The second kappa shape index (κ2) is 5.33. The highest BCUT2D eigenvalue weighted by atomic mass is 16.5. The zero-order valence-electron chi connectivity index (χ0n) is 10.6. The van der Waals surface area contributed by atoms with Crippen molar-refractivity contribution in [2.24, 2.45) is 0 Å². The molecule has 0 amide bonds. The molecule has 0 aliphatic carbocycles. The minimum atomic E-state index is -0.742. The normalized spacial score (nSPS) is 33.8. The summed E-state index contributed by atoms with van der Waals surface area (Å²) in [5.41, 5.74) is 0. The van der Waals surface area contributed by atoms with E-state index in [0.717, 1.165) is 39.0 Å². The summed E-state index contributed by atoms with van der Waals surface area (Å²) in [5, 5.41) is 9.40. The topological polar surface area (TPSA) is 53.0 Å². The Morgan fingerprint density at radius 1 is 1.29 bits per heavy atom. The Morgan fingerprint density at radius 3 is 2.41 bits per heavy atom. The third-order valence-electron chi connectivity index (χ3n) is 3.80. The number of ether oxygens (including phenoxy) is 1. The lowest BCUT2D eigenvalue weighted by molar-refractivity contribution is -0.150. The van der Waals surface area contributed by atoms with Gasteiger partial charge in [0.1, 0.15) is 6.04 Å². The average Bonchev–Trinajstić information content (AvgIpc) is 2.68. The first-order valence-corrected chi connectivity index (χ1v) is 6.39. The molecule has 98 valence electrons. The molecule has 2 aliphatic rings. The maximum Gasteiger partial charge on any atom is 0.323 e. The molecule has 0 aromatic rings. The molecule has 17 heavy (non-hydrogen) atoms. The second-order valence-electron chi connectivity index (χ2n) is 5.18. The molecule has 2 saturated heterocycles. The van der Waals surface area contributed by atoms with Crippen molar-refractivity contribution >= 4 is 5.97 Å². The number of carboxylic acids is 1. The van der Waals surface area contributed by atoms with Crippen molar-refractivity contribution < 1.29 is 14.6 Å². The van der Waals surface area contributed by atoms with Crippen LogP contribution in [0.2, 0.25) is 0 Å². The quantitative estimate of drug-likeness (QED) is 0.769. The summed E-state index contributed by atoms with van der Waals surface area (Å²) >= 11 is 0. The molecule has 2 fully saturated rings. The highest BCUT2D eigenvalue weighted by Crippen LogP contribution is 2.25. The molecular formula is C12H22N2O3. The van der Waals surface area contributed by atoms with Crippen molar-refractivity contribution in [1.82, 2.24) is 9.80 Å². The minimum absolute atomic E-state index is 0.133. The number of rotatable bonds is 3. The van der Waals surface area contributed by atoms with E-state index in [4.69, 9.17) is 4.74 Å². The van der Waals surface area contributed by atoms with E-state index in [-0.39, 0.29) is 12.2 Å². The van der Waals surface area contributed by atoms with Crippen LogP contribution in [0.25, 0.3) is 0 Å². The molecule has 2 aliphatic heterocycles. The van der Waals surface area contributed by atoms with E-state index >= 15 is 0 Å². The molecule has 3 atom stereocenters. The van der Waals surface area contributed by atoms with Crippen LogP contribution in [0.15, 0.2) is 0 Å². The Balaban J connectivity index is 1.99. The highest BCUT2D eigenvalue weighted by Gasteiger charge is 2.39. The van der Waals surface area contributed by atoms with Gasteiger partial charge in [0, 0.05) is 26.2 Å². The number of carboxylic acid groups (broad SMARTS) is 1. The van der Waals surface area contributed by atoms with E-state index in [9.17, 15) is 9.90 Å². The van der Waals surface area contributed by atoms with Gasteiger partial charge in [-0.25, -0.2) is 0 Å². The number of hydrogen-bond donors (Lipinski definition) is 1. The number of piperazine rings is 1. The lowest BCUT2D eigenvalue weighted by Crippen LogP contribution is -2.55. The van der Waals surface area contributed by atoms with Crippen LogP contribution in [0.1, 0.15) is 19.8 Å². The van der Waals surface area contributed by atoms with Gasteiger partial charge in [0.2, 0.25) is 0 Å². The predicted molar refractivity (Wildman–Crippen MR) is 64.1 cm³/mol. The van der Waals surface area contributed by atoms with Gasteiger partial charge < -0.3 is 14.7 Å². The number of hydrogen-bond acceptors (Lipinski definition) is 4. The molecule has 5 heteroatoms. The van der Waals surface area contributed by atoms with Crippen molar-refractivity contribution in [2.45, 2.75) is 38.0 Å². The predicted octanol–water partition coefficient (Wildman–Crippen LogP) is 0.255. The fourth-order valence-corrected chi connectivity index (χ4v) is 2.72. The molecule has 0 spiro atoms. The van der Waals surface area contributed by atoms with Gasteiger partial charge in [-0.1, -0.05) is 0 Å². The van der Waals surface area contributed by atoms with Crippen LogP contribution in [0.3, 0.4) is 0 Å². The summed E-state index contributed by atoms with van der Waals surface area (Å²) in [5.74, 6) is -0.742. The summed E-state index contributed by atoms with van der Waals surface area (Å²) in [7, 11) is 2.07. The second-order valence-corrected chi connectivity index (χ2v) is 5.18. The lowest BCUT2D eigenvalue weighted by atomic mass is 10.0. The third kappa shape index (κ3) is 2.97. The first-order chi connectivity index (χ1) is 8.08. The van der Waals surface area contributed by atoms with E-state index in [2.05, 4.69) is 16.8 Å². The molecule has 3 unspecified atom stereocenters. The van der Waals surface area contributed by atoms with E-state index in [0.29, 0.717) is 0 Å². The summed E-state index contributed by atoms with van der Waals surface area (Å²) in [6.45, 7) is 5.53. The summed E-state index contributed by atoms with van der Waals surface area (Å²) in [6.07, 6.45) is 1.91. The van der Waals surface area contributed by atoms with E-state index in [1.165, 1.54) is 0 Å². The van der Waals surface area contributed by atoms with Crippen LogP contribution in [-0.4, -0.2) is 72.4 Å². The zero-order valence-corrected chi connectivity index (χ0v) is 10.6. The number of likely N-dealkylation sites (N-methyl/N-ethyl adjacent to an activating group) is 1. The molecule has 2 heterocycles. The number of nitrogens with zero attached hydrogens (tertiary/aromatic N) is 2. The average molecular weight is 242 g/mol. The Morgan fingerprint density at radius 2 is 1.94 bits per heavy atom. The third-order valence-corrected chi connectivity index (χ3v) is 3.80. The van der Waals surface area contributed by atoms with Crippen LogP contribution in [0.4, 0.5) is 0 Å². The van der Waals surface area contributed by atoms with E-state index in [1.807, 2.05) is 6.92 Å². The van der Waals surface area contributed by atoms with Gasteiger partial charge in [-0.2, -0.15) is 0 Å². The zero-order chi connectivity index (χ0) is 12.4. The maximum atomic E-state index is 11.4. The van der Waals surface area contributed by atoms with Crippen molar-refractivity contribution in [2.75, 3.05) is 33.2 Å².